The molecule has 1 aromatic carbocycles. The Labute approximate surface area is 170 Å². The van der Waals surface area contributed by atoms with Crippen molar-refractivity contribution in [3.05, 3.63) is 30.3 Å². The van der Waals surface area contributed by atoms with Crippen molar-refractivity contribution in [2.75, 3.05) is 6.61 Å². The monoisotopic (exact) mass is 381 g/mol. The van der Waals surface area contributed by atoms with Gasteiger partial charge in [0.25, 0.3) is 10.1 Å². The number of carbonyl (C=O) groups is 2. The van der Waals surface area contributed by atoms with Gasteiger partial charge in [-0.3, -0.25) is 14.1 Å². The number of unbranched alkanes of at least 4 members (excludes halogenated alkanes) is 3. The van der Waals surface area contributed by atoms with Gasteiger partial charge in [0, 0.05) is 29.6 Å². The summed E-state index contributed by atoms with van der Waals surface area (Å²) >= 11 is 0. The minimum atomic E-state index is -4.77. The van der Waals surface area contributed by atoms with E-state index in [1.807, 2.05) is 6.92 Å². The normalized spacial score (nSPS) is 11.9. The number of para-hydroxylation sites is 1. The molecule has 0 fully saturated rings. The molecule has 0 saturated heterocycles. The van der Waals surface area contributed by atoms with Crippen LogP contribution in [-0.4, -0.2) is 66.3 Å². The number of hydrogen-bond acceptors (Lipinski definition) is 6. The van der Waals surface area contributed by atoms with Gasteiger partial charge in [-0.05, 0) is 18.6 Å². The van der Waals surface area contributed by atoms with Crippen LogP contribution in [0, 0.1) is 0 Å². The van der Waals surface area contributed by atoms with E-state index in [9.17, 15) is 18.0 Å². The predicted molar refractivity (Wildman–Crippen MR) is 92.9 cm³/mol. The summed E-state index contributed by atoms with van der Waals surface area (Å²) in [4.78, 5) is 23.6. The molecule has 0 aliphatic rings. The van der Waals surface area contributed by atoms with Crippen molar-refractivity contribution in [3.63, 3.8) is 0 Å². The zero-order chi connectivity index (χ0) is 18.0. The molecule has 1 unspecified atom stereocenters. The molecule has 1 aromatic rings. The van der Waals surface area contributed by atoms with E-state index in [-0.39, 0.29) is 41.9 Å². The fraction of sp³-hybridized carbons (Fsp3) is 0.500. The first-order valence-electron chi connectivity index (χ1n) is 7.73. The number of rotatable bonds is 10. The van der Waals surface area contributed by atoms with Crippen molar-refractivity contribution < 1.29 is 32.0 Å². The molecule has 25 heavy (non-hydrogen) atoms. The summed E-state index contributed by atoms with van der Waals surface area (Å²) in [6.45, 7) is 2.07. The zero-order valence-corrected chi connectivity index (χ0v) is 17.3. The molecule has 135 valence electrons. The molecular weight excluding hydrogens is 359 g/mol. The van der Waals surface area contributed by atoms with Crippen molar-refractivity contribution in [3.8, 4) is 5.75 Å². The SMILES string of the molecule is CCCCCCOC(=O)C(CC(=O)Oc1ccccc1)S(=O)(=O)O.[Na]. The smallest absolute Gasteiger partial charge is 0.327 e. The maximum Gasteiger partial charge on any atom is 0.327 e. The van der Waals surface area contributed by atoms with Crippen LogP contribution >= 0.6 is 0 Å². The Morgan fingerprint density at radius 1 is 1.12 bits per heavy atom. The van der Waals surface area contributed by atoms with Gasteiger partial charge in [0.15, 0.2) is 5.25 Å². The van der Waals surface area contributed by atoms with Gasteiger partial charge in [0.1, 0.15) is 5.75 Å². The molecule has 7 nitrogen and oxygen atoms in total. The van der Waals surface area contributed by atoms with E-state index >= 15 is 0 Å². The van der Waals surface area contributed by atoms with Gasteiger partial charge in [-0.1, -0.05) is 44.4 Å². The van der Waals surface area contributed by atoms with E-state index in [2.05, 4.69) is 0 Å². The second kappa shape index (κ2) is 12.4. The van der Waals surface area contributed by atoms with Crippen molar-refractivity contribution in [1.82, 2.24) is 0 Å². The number of hydrogen-bond donors (Lipinski definition) is 1. The molecule has 1 rings (SSSR count). The third-order valence-electron chi connectivity index (χ3n) is 3.19. The summed E-state index contributed by atoms with van der Waals surface area (Å²) in [5, 5.41) is -1.99. The van der Waals surface area contributed by atoms with Crippen LogP contribution in [0.3, 0.4) is 0 Å². The van der Waals surface area contributed by atoms with Crippen LogP contribution in [0.25, 0.3) is 0 Å². The Balaban J connectivity index is 0.00000576. The van der Waals surface area contributed by atoms with Crippen molar-refractivity contribution in [1.29, 1.82) is 0 Å². The average Bonchev–Trinajstić information content (AvgIpc) is 2.52. The summed E-state index contributed by atoms with van der Waals surface area (Å²) in [6, 6.07) is 7.99. The molecule has 0 amide bonds. The summed E-state index contributed by atoms with van der Waals surface area (Å²) in [6.07, 6.45) is 2.60. The fourth-order valence-electron chi connectivity index (χ4n) is 1.92. The van der Waals surface area contributed by atoms with Gasteiger partial charge in [0.2, 0.25) is 0 Å². The van der Waals surface area contributed by atoms with Gasteiger partial charge in [-0.25, -0.2) is 0 Å². The first-order chi connectivity index (χ1) is 11.3. The van der Waals surface area contributed by atoms with Crippen LogP contribution in [0.4, 0.5) is 0 Å². The van der Waals surface area contributed by atoms with Crippen molar-refractivity contribution in [2.45, 2.75) is 44.3 Å². The van der Waals surface area contributed by atoms with Crippen LogP contribution in [0.15, 0.2) is 30.3 Å². The van der Waals surface area contributed by atoms with Crippen LogP contribution in [0.1, 0.15) is 39.0 Å². The van der Waals surface area contributed by atoms with Gasteiger partial charge in [-0.2, -0.15) is 8.42 Å². The van der Waals surface area contributed by atoms with Gasteiger partial charge in [0.05, 0.1) is 13.0 Å². The Hall–Kier alpha value is -0.930. The number of esters is 2. The Bertz CT molecular complexity index is 631. The van der Waals surface area contributed by atoms with E-state index < -0.39 is 33.7 Å². The second-order valence-corrected chi connectivity index (χ2v) is 6.82. The third kappa shape index (κ3) is 9.96. The molecular formula is C16H22NaO7S. The Morgan fingerprint density at radius 2 is 1.76 bits per heavy atom. The van der Waals surface area contributed by atoms with Gasteiger partial charge < -0.3 is 9.47 Å². The van der Waals surface area contributed by atoms with Crippen molar-refractivity contribution in [2.24, 2.45) is 0 Å². The van der Waals surface area contributed by atoms with E-state index in [1.54, 1.807) is 18.2 Å². The summed E-state index contributed by atoms with van der Waals surface area (Å²) in [5.41, 5.74) is 0. The Morgan fingerprint density at radius 3 is 2.32 bits per heavy atom. The van der Waals surface area contributed by atoms with Crippen LogP contribution in [0.5, 0.6) is 5.75 Å². The van der Waals surface area contributed by atoms with Gasteiger partial charge in [-0.15, -0.1) is 0 Å². The second-order valence-electron chi connectivity index (χ2n) is 5.22. The standard InChI is InChI=1S/C16H22O7S.Na/c1-2-3-4-8-11-22-16(18)14(24(19,20)21)12-15(17)23-13-9-6-5-7-10-13;/h5-7,9-10,14H,2-4,8,11-12H2,1H3,(H,19,20,21);. The predicted octanol–water partition coefficient (Wildman–Crippen LogP) is 1.98. The summed E-state index contributed by atoms with van der Waals surface area (Å²) in [7, 11) is -4.77. The molecule has 0 saturated carbocycles. The molecule has 9 heteroatoms. The first-order valence-corrected chi connectivity index (χ1v) is 9.23. The summed E-state index contributed by atoms with van der Waals surface area (Å²) in [5.74, 6) is -1.89. The molecule has 0 bridgehead atoms. The number of benzene rings is 1. The molecule has 1 radical (unpaired) electrons. The van der Waals surface area contributed by atoms with Crippen molar-refractivity contribution >= 4 is 51.6 Å². The fourth-order valence-corrected chi connectivity index (χ4v) is 2.58. The zero-order valence-electron chi connectivity index (χ0n) is 14.5. The molecule has 0 heterocycles. The largest absolute Gasteiger partial charge is 0.465 e. The molecule has 0 aliphatic carbocycles. The van der Waals surface area contributed by atoms with Crippen LogP contribution in [-0.2, 0) is 24.4 Å². The van der Waals surface area contributed by atoms with E-state index in [4.69, 9.17) is 14.0 Å². The molecule has 0 spiro atoms. The number of carbonyl (C=O) groups excluding carboxylic acids is 2. The third-order valence-corrected chi connectivity index (χ3v) is 4.27. The minimum Gasteiger partial charge on any atom is -0.465 e. The maximum atomic E-state index is 11.8. The van der Waals surface area contributed by atoms with E-state index in [0.29, 0.717) is 6.42 Å². The molecule has 1 atom stereocenters. The Kier molecular flexibility index (Phi) is 12.0. The van der Waals surface area contributed by atoms with Gasteiger partial charge >= 0.3 is 11.9 Å². The molecule has 1 N–H and O–H groups in total. The minimum absolute atomic E-state index is 0. The topological polar surface area (TPSA) is 107 Å². The van der Waals surface area contributed by atoms with Crippen LogP contribution < -0.4 is 4.74 Å². The maximum absolute atomic E-state index is 11.8. The quantitative estimate of drug-likeness (QED) is 0.217. The molecule has 0 aromatic heterocycles. The van der Waals surface area contributed by atoms with Crippen LogP contribution in [0.2, 0.25) is 0 Å². The van der Waals surface area contributed by atoms with E-state index in [1.165, 1.54) is 12.1 Å². The number of ether oxygens (including phenoxy) is 2. The molecule has 0 aliphatic heterocycles. The first kappa shape index (κ1) is 24.1. The average molecular weight is 381 g/mol. The summed E-state index contributed by atoms with van der Waals surface area (Å²) < 4.78 is 41.6. The van der Waals surface area contributed by atoms with E-state index in [0.717, 1.165) is 19.3 Å².